The molecule has 0 fully saturated rings. The van der Waals surface area contributed by atoms with Crippen LogP contribution in [0.25, 0.3) is 21.1 Å². The normalized spacial score (nSPS) is 11.2. The summed E-state index contributed by atoms with van der Waals surface area (Å²) in [6, 6.07) is 9.43. The number of benzene rings is 2. The molecule has 1 N–H and O–H groups in total. The predicted molar refractivity (Wildman–Crippen MR) is 102 cm³/mol. The maximum Gasteiger partial charge on any atom is 0.262 e. The number of nitrogens with zero attached hydrogens (tertiary/aromatic N) is 2. The lowest BCUT2D eigenvalue weighted by Crippen LogP contribution is -2.23. The fourth-order valence-corrected chi connectivity index (χ4v) is 3.93. The predicted octanol–water partition coefficient (Wildman–Crippen LogP) is 4.19. The molecule has 4 aromatic rings. The van der Waals surface area contributed by atoms with Crippen molar-refractivity contribution < 1.29 is 9.18 Å². The highest BCUT2D eigenvalue weighted by molar-refractivity contribution is 7.22. The van der Waals surface area contributed by atoms with Crippen molar-refractivity contribution in [2.75, 3.05) is 5.32 Å². The fraction of sp³-hybridized carbons (Fsp3) is 0.0556. The number of anilines is 1. The minimum absolute atomic E-state index is 0.0807. The summed E-state index contributed by atoms with van der Waals surface area (Å²) in [5.74, 6) is -1.11. The number of hydrogen-bond acceptors (Lipinski definition) is 4. The van der Waals surface area contributed by atoms with Crippen LogP contribution in [0.15, 0.2) is 47.4 Å². The van der Waals surface area contributed by atoms with E-state index in [1.807, 2.05) is 0 Å². The number of aromatic nitrogens is 2. The van der Waals surface area contributed by atoms with Crippen LogP contribution in [-0.4, -0.2) is 15.5 Å². The van der Waals surface area contributed by atoms with E-state index in [1.165, 1.54) is 40.3 Å². The Bertz CT molecular complexity index is 1250. The van der Waals surface area contributed by atoms with Crippen molar-refractivity contribution in [1.82, 2.24) is 9.55 Å². The Kier molecular flexibility index (Phi) is 3.97. The molecule has 0 radical (unpaired) electrons. The number of fused-ring (bicyclic) bond motifs is 2. The summed E-state index contributed by atoms with van der Waals surface area (Å²) in [6.45, 7) is 0. The Hall–Kier alpha value is -2.77. The van der Waals surface area contributed by atoms with Crippen molar-refractivity contribution >= 4 is 55.1 Å². The molecule has 2 aromatic carbocycles. The molecular formula is C18H11ClFN3O2S. The van der Waals surface area contributed by atoms with Crippen LogP contribution in [0.5, 0.6) is 0 Å². The van der Waals surface area contributed by atoms with Gasteiger partial charge in [0.2, 0.25) is 5.43 Å². The average molecular weight is 388 g/mol. The molecule has 0 aliphatic heterocycles. The van der Waals surface area contributed by atoms with Crippen molar-refractivity contribution in [3.8, 4) is 0 Å². The van der Waals surface area contributed by atoms with Gasteiger partial charge in [0.25, 0.3) is 5.91 Å². The highest BCUT2D eigenvalue weighted by Crippen LogP contribution is 2.28. The molecule has 0 saturated heterocycles. The topological polar surface area (TPSA) is 64.0 Å². The molecule has 0 unspecified atom stereocenters. The van der Waals surface area contributed by atoms with Gasteiger partial charge in [-0.05, 0) is 30.3 Å². The van der Waals surface area contributed by atoms with Crippen molar-refractivity contribution in [3.05, 3.63) is 69.2 Å². The number of carbonyl (C=O) groups is 1. The standard InChI is InChI=1S/C18H11ClFN3O2S/c1-23-8-11(16(24)10-3-2-4-12(20)15(10)23)17(25)22-18-21-13-6-5-9(19)7-14(13)26-18/h2-8H,1H3,(H,21,22,25). The molecule has 0 aliphatic carbocycles. The zero-order valence-electron chi connectivity index (χ0n) is 13.4. The van der Waals surface area contributed by atoms with Crippen LogP contribution < -0.4 is 10.7 Å². The van der Waals surface area contributed by atoms with E-state index >= 15 is 0 Å². The Morgan fingerprint density at radius 3 is 2.92 bits per heavy atom. The number of halogens is 2. The van der Waals surface area contributed by atoms with Crippen LogP contribution in [-0.2, 0) is 7.05 Å². The zero-order valence-corrected chi connectivity index (χ0v) is 15.0. The number of rotatable bonds is 2. The van der Waals surface area contributed by atoms with Gasteiger partial charge in [0.05, 0.1) is 15.7 Å². The second-order valence-electron chi connectivity index (χ2n) is 5.70. The smallest absolute Gasteiger partial charge is 0.262 e. The Labute approximate surface area is 155 Å². The van der Waals surface area contributed by atoms with E-state index in [9.17, 15) is 14.0 Å². The first kappa shape index (κ1) is 16.7. The summed E-state index contributed by atoms with van der Waals surface area (Å²) in [4.78, 5) is 29.5. The second kappa shape index (κ2) is 6.19. The summed E-state index contributed by atoms with van der Waals surface area (Å²) >= 11 is 7.21. The Balaban J connectivity index is 1.76. The Morgan fingerprint density at radius 1 is 1.31 bits per heavy atom. The zero-order chi connectivity index (χ0) is 18.4. The third-order valence-corrected chi connectivity index (χ3v) is 5.14. The van der Waals surface area contributed by atoms with Gasteiger partial charge in [-0.25, -0.2) is 9.37 Å². The molecule has 2 aromatic heterocycles. The van der Waals surface area contributed by atoms with E-state index in [-0.39, 0.29) is 16.5 Å². The van der Waals surface area contributed by atoms with Crippen molar-refractivity contribution in [1.29, 1.82) is 0 Å². The van der Waals surface area contributed by atoms with E-state index in [0.717, 1.165) is 4.70 Å². The van der Waals surface area contributed by atoms with Crippen LogP contribution in [0.2, 0.25) is 5.02 Å². The third-order valence-electron chi connectivity index (χ3n) is 3.97. The molecule has 1 amide bonds. The number of pyridine rings is 1. The number of carbonyl (C=O) groups excluding carboxylic acids is 1. The highest BCUT2D eigenvalue weighted by Gasteiger charge is 2.17. The first-order valence-corrected chi connectivity index (χ1v) is 8.79. The second-order valence-corrected chi connectivity index (χ2v) is 7.17. The van der Waals surface area contributed by atoms with Gasteiger partial charge in [-0.15, -0.1) is 0 Å². The molecule has 0 aliphatic rings. The third kappa shape index (κ3) is 2.75. The van der Waals surface area contributed by atoms with Crippen molar-refractivity contribution in [2.45, 2.75) is 0 Å². The van der Waals surface area contributed by atoms with Crippen LogP contribution in [0, 0.1) is 5.82 Å². The molecule has 5 nitrogen and oxygen atoms in total. The SMILES string of the molecule is Cn1cc(C(=O)Nc2nc3ccc(Cl)cc3s2)c(=O)c2cccc(F)c21. The van der Waals surface area contributed by atoms with E-state index in [1.54, 1.807) is 25.2 Å². The number of hydrogen-bond donors (Lipinski definition) is 1. The summed E-state index contributed by atoms with van der Waals surface area (Å²) in [7, 11) is 1.58. The number of thiazole rings is 1. The maximum atomic E-state index is 14.0. The van der Waals surface area contributed by atoms with Gasteiger partial charge in [0.15, 0.2) is 5.13 Å². The van der Waals surface area contributed by atoms with Crippen molar-refractivity contribution in [2.24, 2.45) is 7.05 Å². The summed E-state index contributed by atoms with van der Waals surface area (Å²) in [5, 5.41) is 3.71. The van der Waals surface area contributed by atoms with E-state index < -0.39 is 17.2 Å². The number of aryl methyl sites for hydroxylation is 1. The van der Waals surface area contributed by atoms with Crippen LogP contribution >= 0.6 is 22.9 Å². The lowest BCUT2D eigenvalue weighted by atomic mass is 10.1. The minimum Gasteiger partial charge on any atom is -0.347 e. The number of amides is 1. The molecule has 0 bridgehead atoms. The van der Waals surface area contributed by atoms with Crippen LogP contribution in [0.1, 0.15) is 10.4 Å². The lowest BCUT2D eigenvalue weighted by Gasteiger charge is -2.09. The van der Waals surface area contributed by atoms with Gasteiger partial charge >= 0.3 is 0 Å². The van der Waals surface area contributed by atoms with Gasteiger partial charge in [0, 0.05) is 23.7 Å². The average Bonchev–Trinajstić information content (AvgIpc) is 2.99. The van der Waals surface area contributed by atoms with Gasteiger partial charge in [-0.1, -0.05) is 29.0 Å². The molecule has 0 atom stereocenters. The number of para-hydroxylation sites is 1. The largest absolute Gasteiger partial charge is 0.347 e. The summed E-state index contributed by atoms with van der Waals surface area (Å²) in [6.07, 6.45) is 1.33. The first-order valence-electron chi connectivity index (χ1n) is 7.59. The molecule has 8 heteroatoms. The van der Waals surface area contributed by atoms with Gasteiger partial charge in [0.1, 0.15) is 11.4 Å². The summed E-state index contributed by atoms with van der Waals surface area (Å²) in [5.41, 5.74) is 0.244. The van der Waals surface area contributed by atoms with E-state index in [4.69, 9.17) is 11.6 Å². The fourth-order valence-electron chi connectivity index (χ4n) is 2.80. The number of nitrogens with one attached hydrogen (secondary N) is 1. The maximum absolute atomic E-state index is 14.0. The first-order chi connectivity index (χ1) is 12.4. The van der Waals surface area contributed by atoms with Gasteiger partial charge < -0.3 is 4.57 Å². The van der Waals surface area contributed by atoms with Crippen LogP contribution in [0.3, 0.4) is 0 Å². The quantitative estimate of drug-likeness (QED) is 0.560. The highest BCUT2D eigenvalue weighted by atomic mass is 35.5. The molecule has 130 valence electrons. The lowest BCUT2D eigenvalue weighted by molar-refractivity contribution is 0.102. The van der Waals surface area contributed by atoms with E-state index in [2.05, 4.69) is 10.3 Å². The molecular weight excluding hydrogens is 377 g/mol. The molecule has 0 spiro atoms. The summed E-state index contributed by atoms with van der Waals surface area (Å²) < 4.78 is 16.2. The minimum atomic E-state index is -0.595. The Morgan fingerprint density at radius 2 is 2.12 bits per heavy atom. The monoisotopic (exact) mass is 387 g/mol. The molecule has 4 rings (SSSR count). The van der Waals surface area contributed by atoms with E-state index in [0.29, 0.717) is 15.7 Å². The van der Waals surface area contributed by atoms with Crippen molar-refractivity contribution in [3.63, 3.8) is 0 Å². The molecule has 2 heterocycles. The van der Waals surface area contributed by atoms with Gasteiger partial charge in [-0.3, -0.25) is 14.9 Å². The van der Waals surface area contributed by atoms with Gasteiger partial charge in [-0.2, -0.15) is 0 Å². The molecule has 26 heavy (non-hydrogen) atoms. The molecule has 0 saturated carbocycles. The van der Waals surface area contributed by atoms with Crippen LogP contribution in [0.4, 0.5) is 9.52 Å².